The summed E-state index contributed by atoms with van der Waals surface area (Å²) in [6.45, 7) is 4.82. The second kappa shape index (κ2) is 7.03. The molecule has 1 aliphatic rings. The van der Waals surface area contributed by atoms with Gasteiger partial charge >= 0.3 is 0 Å². The monoisotopic (exact) mass is 376 g/mol. The highest BCUT2D eigenvalue weighted by molar-refractivity contribution is 5.99. The number of fused-ring (bicyclic) bond motifs is 1. The molecule has 2 N–H and O–H groups in total. The summed E-state index contributed by atoms with van der Waals surface area (Å²) in [7, 11) is 0. The number of anilines is 2. The molecule has 0 bridgehead atoms. The van der Waals surface area contributed by atoms with Crippen LogP contribution in [0.3, 0.4) is 0 Å². The van der Waals surface area contributed by atoms with Crippen molar-refractivity contribution in [2.24, 2.45) is 0 Å². The molecule has 0 radical (unpaired) electrons. The number of aromatic nitrogens is 2. The van der Waals surface area contributed by atoms with Gasteiger partial charge in [0.15, 0.2) is 0 Å². The van der Waals surface area contributed by atoms with Gasteiger partial charge in [-0.3, -0.25) is 4.79 Å². The van der Waals surface area contributed by atoms with Crippen LogP contribution >= 0.6 is 0 Å². The number of hydrogen-bond donors (Lipinski definition) is 2. The van der Waals surface area contributed by atoms with Crippen molar-refractivity contribution < 1.29 is 9.18 Å². The maximum absolute atomic E-state index is 13.1. The minimum absolute atomic E-state index is 0.0153. The minimum Gasteiger partial charge on any atom is -0.368 e. The topological polar surface area (TPSA) is 66.9 Å². The van der Waals surface area contributed by atoms with E-state index in [0.717, 1.165) is 28.1 Å². The molecule has 0 spiro atoms. The molecular weight excluding hydrogens is 355 g/mol. The zero-order valence-electron chi connectivity index (χ0n) is 15.8. The van der Waals surface area contributed by atoms with E-state index in [1.807, 2.05) is 30.3 Å². The first-order chi connectivity index (χ1) is 13.4. The Hall–Kier alpha value is -3.28. The number of amides is 1. The van der Waals surface area contributed by atoms with Gasteiger partial charge in [-0.1, -0.05) is 32.0 Å². The molecule has 1 aliphatic heterocycles. The van der Waals surface area contributed by atoms with Gasteiger partial charge in [0.2, 0.25) is 5.91 Å². The van der Waals surface area contributed by atoms with Crippen molar-refractivity contribution in [3.63, 3.8) is 0 Å². The van der Waals surface area contributed by atoms with Crippen LogP contribution in [0.1, 0.15) is 25.0 Å². The second-order valence-electron chi connectivity index (χ2n) is 7.65. The Morgan fingerprint density at radius 3 is 2.57 bits per heavy atom. The van der Waals surface area contributed by atoms with Crippen LogP contribution in [-0.2, 0) is 16.6 Å². The lowest BCUT2D eigenvalue weighted by atomic mass is 9.84. The van der Waals surface area contributed by atoms with Crippen molar-refractivity contribution >= 4 is 17.4 Å². The Labute approximate surface area is 163 Å². The molecule has 5 nitrogen and oxygen atoms in total. The lowest BCUT2D eigenvalue weighted by molar-refractivity contribution is -0.115. The predicted octanol–water partition coefficient (Wildman–Crippen LogP) is 4.17. The number of halogens is 1. The summed E-state index contributed by atoms with van der Waals surface area (Å²) < 4.78 is 13.1. The second-order valence-corrected chi connectivity index (χ2v) is 7.65. The summed E-state index contributed by atoms with van der Waals surface area (Å²) in [5.41, 5.74) is 4.39. The van der Waals surface area contributed by atoms with Gasteiger partial charge in [-0.2, -0.15) is 0 Å². The summed E-state index contributed by atoms with van der Waals surface area (Å²) in [6.07, 6.45) is 0.398. The Kier molecular flexibility index (Phi) is 4.55. The number of nitrogens with zero attached hydrogens (tertiary/aromatic N) is 2. The number of rotatable bonds is 5. The van der Waals surface area contributed by atoms with Gasteiger partial charge in [0.05, 0.1) is 12.1 Å². The molecule has 3 aromatic rings. The van der Waals surface area contributed by atoms with E-state index in [4.69, 9.17) is 0 Å². The molecule has 0 unspecified atom stereocenters. The van der Waals surface area contributed by atoms with Crippen LogP contribution in [0.4, 0.5) is 15.9 Å². The smallest absolute Gasteiger partial charge is 0.228 e. The molecule has 142 valence electrons. The number of carbonyl (C=O) groups is 1. The van der Waals surface area contributed by atoms with E-state index in [2.05, 4.69) is 34.7 Å². The largest absolute Gasteiger partial charge is 0.368 e. The zero-order chi connectivity index (χ0) is 19.7. The lowest BCUT2D eigenvalue weighted by Gasteiger charge is -2.25. The van der Waals surface area contributed by atoms with Crippen LogP contribution in [0.15, 0.2) is 54.6 Å². The van der Waals surface area contributed by atoms with Crippen molar-refractivity contribution in [1.29, 1.82) is 0 Å². The van der Waals surface area contributed by atoms with Crippen molar-refractivity contribution in [2.75, 3.05) is 17.2 Å². The van der Waals surface area contributed by atoms with Crippen molar-refractivity contribution in [1.82, 2.24) is 10.2 Å². The van der Waals surface area contributed by atoms with Crippen LogP contribution in [0.2, 0.25) is 0 Å². The molecule has 4 rings (SSSR count). The average Bonchev–Trinajstić information content (AvgIpc) is 3.06. The molecule has 0 aliphatic carbocycles. The first-order valence-corrected chi connectivity index (χ1v) is 9.17. The highest BCUT2D eigenvalue weighted by Crippen LogP contribution is 2.28. The first-order valence-electron chi connectivity index (χ1n) is 9.17. The molecule has 1 aromatic heterocycles. The van der Waals surface area contributed by atoms with E-state index < -0.39 is 0 Å². The normalized spacial score (nSPS) is 13.2. The van der Waals surface area contributed by atoms with Gasteiger partial charge in [-0.05, 0) is 47.5 Å². The predicted molar refractivity (Wildman–Crippen MR) is 108 cm³/mol. The summed E-state index contributed by atoms with van der Waals surface area (Å²) in [6, 6.07) is 16.2. The summed E-state index contributed by atoms with van der Waals surface area (Å²) >= 11 is 0. The summed E-state index contributed by atoms with van der Waals surface area (Å²) in [4.78, 5) is 11.5. The Balaban J connectivity index is 1.44. The highest BCUT2D eigenvalue weighted by Gasteiger charge is 2.21. The van der Waals surface area contributed by atoms with Gasteiger partial charge in [0, 0.05) is 23.2 Å². The van der Waals surface area contributed by atoms with Crippen molar-refractivity contribution in [2.45, 2.75) is 25.7 Å². The number of nitrogens with one attached hydrogen (secondary N) is 2. The van der Waals surface area contributed by atoms with Gasteiger partial charge in [0.1, 0.15) is 11.6 Å². The molecule has 0 atom stereocenters. The Bertz CT molecular complexity index is 1010. The van der Waals surface area contributed by atoms with Crippen molar-refractivity contribution in [3.05, 3.63) is 71.5 Å². The van der Waals surface area contributed by atoms with Crippen LogP contribution < -0.4 is 10.6 Å². The van der Waals surface area contributed by atoms with E-state index in [9.17, 15) is 9.18 Å². The van der Waals surface area contributed by atoms with E-state index in [1.54, 1.807) is 12.1 Å². The number of hydrogen-bond acceptors (Lipinski definition) is 4. The Morgan fingerprint density at radius 1 is 1.07 bits per heavy atom. The quantitative estimate of drug-likeness (QED) is 0.701. The lowest BCUT2D eigenvalue weighted by Crippen LogP contribution is -2.28. The molecule has 0 fully saturated rings. The molecule has 28 heavy (non-hydrogen) atoms. The molecule has 0 saturated carbocycles. The van der Waals surface area contributed by atoms with Gasteiger partial charge in [0.25, 0.3) is 0 Å². The fourth-order valence-electron chi connectivity index (χ4n) is 3.28. The molecule has 1 amide bonds. The van der Waals surface area contributed by atoms with Gasteiger partial charge in [-0.25, -0.2) is 4.39 Å². The summed E-state index contributed by atoms with van der Waals surface area (Å²) in [5.74, 6) is 0.458. The van der Waals surface area contributed by atoms with E-state index >= 15 is 0 Å². The Morgan fingerprint density at radius 2 is 1.86 bits per heavy atom. The molecular formula is C22H21FN4O. The summed E-state index contributed by atoms with van der Waals surface area (Å²) in [5, 5.41) is 14.7. The third-order valence-electron chi connectivity index (χ3n) is 5.03. The maximum atomic E-state index is 13.1. The molecule has 0 saturated heterocycles. The third kappa shape index (κ3) is 3.71. The van der Waals surface area contributed by atoms with Gasteiger partial charge in [-0.15, -0.1) is 10.2 Å². The number of benzene rings is 2. The zero-order valence-corrected chi connectivity index (χ0v) is 15.8. The van der Waals surface area contributed by atoms with Crippen LogP contribution in [0.25, 0.3) is 11.3 Å². The third-order valence-corrected chi connectivity index (χ3v) is 5.03. The first kappa shape index (κ1) is 18.1. The SMILES string of the molecule is CC(C)(CNc1ccc(-c2ccc3c(c2)CC(=O)N3)nn1)c1ccc(F)cc1. The van der Waals surface area contributed by atoms with Crippen LogP contribution in [0, 0.1) is 5.82 Å². The van der Waals surface area contributed by atoms with Gasteiger partial charge < -0.3 is 10.6 Å². The fraction of sp³-hybridized carbons (Fsp3) is 0.227. The van der Waals surface area contributed by atoms with Crippen LogP contribution in [0.5, 0.6) is 0 Å². The van der Waals surface area contributed by atoms with E-state index in [-0.39, 0.29) is 17.1 Å². The molecule has 6 heteroatoms. The van der Waals surface area contributed by atoms with E-state index in [0.29, 0.717) is 18.8 Å². The standard InChI is InChI=1S/C22H21FN4O/c1-22(2,16-4-6-17(23)7-5-16)13-24-20-10-9-19(26-27-20)14-3-8-18-15(11-14)12-21(28)25-18/h3-11H,12-13H2,1-2H3,(H,24,27)(H,25,28). The van der Waals surface area contributed by atoms with Crippen molar-refractivity contribution in [3.8, 4) is 11.3 Å². The fourth-order valence-corrected chi connectivity index (χ4v) is 3.28. The highest BCUT2D eigenvalue weighted by atomic mass is 19.1. The minimum atomic E-state index is -0.235. The number of carbonyl (C=O) groups excluding carboxylic acids is 1. The van der Waals surface area contributed by atoms with Crippen LogP contribution in [-0.4, -0.2) is 22.6 Å². The molecule has 2 aromatic carbocycles. The van der Waals surface area contributed by atoms with E-state index in [1.165, 1.54) is 12.1 Å². The maximum Gasteiger partial charge on any atom is 0.228 e. The molecule has 2 heterocycles. The average molecular weight is 376 g/mol.